The highest BCUT2D eigenvalue weighted by Gasteiger charge is 2.15. The van der Waals surface area contributed by atoms with Crippen molar-refractivity contribution in [2.45, 2.75) is 32.8 Å². The molecule has 0 aliphatic carbocycles. The maximum atomic E-state index is 13.5. The SMILES string of the molecule is CCCCc1nc2ccc(Br)cc2c(=O)n1N=Cc1cc(OC)c(OCc2cccc(F)c2)c(OC)c1. The summed E-state index contributed by atoms with van der Waals surface area (Å²) in [5.41, 5.74) is 1.69. The van der Waals surface area contributed by atoms with Crippen LogP contribution in [0.5, 0.6) is 17.2 Å². The number of hydrogen-bond acceptors (Lipinski definition) is 6. The Hall–Kier alpha value is -3.72. The molecule has 0 fully saturated rings. The second-order valence-electron chi connectivity index (χ2n) is 8.33. The number of methoxy groups -OCH3 is 2. The van der Waals surface area contributed by atoms with Gasteiger partial charge < -0.3 is 14.2 Å². The van der Waals surface area contributed by atoms with Gasteiger partial charge in [0, 0.05) is 16.5 Å². The summed E-state index contributed by atoms with van der Waals surface area (Å²) >= 11 is 3.42. The average Bonchev–Trinajstić information content (AvgIpc) is 2.90. The Morgan fingerprint density at radius 3 is 2.51 bits per heavy atom. The van der Waals surface area contributed by atoms with Gasteiger partial charge in [0.1, 0.15) is 18.2 Å². The molecule has 0 aliphatic heterocycles. The summed E-state index contributed by atoms with van der Waals surface area (Å²) in [6.07, 6.45) is 4.02. The number of halogens is 2. The molecule has 4 aromatic rings. The summed E-state index contributed by atoms with van der Waals surface area (Å²) in [5.74, 6) is 1.46. The molecule has 0 saturated carbocycles. The molecule has 1 aromatic heterocycles. The Balaban J connectivity index is 1.70. The van der Waals surface area contributed by atoms with Crippen molar-refractivity contribution in [1.82, 2.24) is 9.66 Å². The molecule has 0 aliphatic rings. The number of fused-ring (bicyclic) bond motifs is 1. The molecular weight excluding hydrogens is 541 g/mol. The van der Waals surface area contributed by atoms with Gasteiger partial charge in [0.2, 0.25) is 5.75 Å². The lowest BCUT2D eigenvalue weighted by Crippen LogP contribution is -2.22. The second-order valence-corrected chi connectivity index (χ2v) is 9.24. The molecule has 0 saturated heterocycles. The van der Waals surface area contributed by atoms with Gasteiger partial charge >= 0.3 is 0 Å². The van der Waals surface area contributed by atoms with Crippen LogP contribution < -0.4 is 19.8 Å². The summed E-state index contributed by atoms with van der Waals surface area (Å²) < 4.78 is 32.7. The first-order valence-electron chi connectivity index (χ1n) is 11.8. The molecule has 0 atom stereocenters. The highest BCUT2D eigenvalue weighted by atomic mass is 79.9. The van der Waals surface area contributed by atoms with Gasteiger partial charge in [-0.05, 0) is 54.4 Å². The van der Waals surface area contributed by atoms with Crippen LogP contribution in [0.15, 0.2) is 69.0 Å². The number of aryl methyl sites for hydroxylation is 1. The number of hydrogen-bond donors (Lipinski definition) is 0. The first-order valence-corrected chi connectivity index (χ1v) is 12.6. The summed E-state index contributed by atoms with van der Waals surface area (Å²) in [6.45, 7) is 2.22. The number of nitrogens with zero attached hydrogens (tertiary/aromatic N) is 3. The van der Waals surface area contributed by atoms with Gasteiger partial charge in [-0.3, -0.25) is 4.79 Å². The summed E-state index contributed by atoms with van der Waals surface area (Å²) in [5, 5.41) is 4.98. The normalized spacial score (nSPS) is 11.3. The van der Waals surface area contributed by atoms with Crippen LogP contribution in [0.25, 0.3) is 10.9 Å². The molecule has 0 amide bonds. The maximum Gasteiger partial charge on any atom is 0.282 e. The van der Waals surface area contributed by atoms with Crippen LogP contribution in [0, 0.1) is 5.82 Å². The largest absolute Gasteiger partial charge is 0.493 e. The molecule has 4 rings (SSSR count). The fourth-order valence-electron chi connectivity index (χ4n) is 3.83. The van der Waals surface area contributed by atoms with Crippen molar-refractivity contribution in [3.63, 3.8) is 0 Å². The highest BCUT2D eigenvalue weighted by Crippen LogP contribution is 2.38. The van der Waals surface area contributed by atoms with E-state index < -0.39 is 0 Å². The standard InChI is InChI=1S/C28H27BrFN3O4/c1-4-5-9-26-32-23-11-10-20(29)15-22(23)28(34)33(26)31-16-19-13-24(35-2)27(25(14-19)36-3)37-17-18-7-6-8-21(30)12-18/h6-8,10-16H,4-5,9,17H2,1-3H3. The predicted molar refractivity (Wildman–Crippen MR) is 146 cm³/mol. The first-order chi connectivity index (χ1) is 17.9. The quantitative estimate of drug-likeness (QED) is 0.216. The van der Waals surface area contributed by atoms with Crippen molar-refractivity contribution in [1.29, 1.82) is 0 Å². The van der Waals surface area contributed by atoms with Crippen molar-refractivity contribution in [3.05, 3.63) is 92.2 Å². The average molecular weight is 568 g/mol. The minimum Gasteiger partial charge on any atom is -0.493 e. The van der Waals surface area contributed by atoms with E-state index in [4.69, 9.17) is 19.2 Å². The smallest absolute Gasteiger partial charge is 0.282 e. The van der Waals surface area contributed by atoms with E-state index in [0.717, 1.165) is 17.3 Å². The number of benzene rings is 3. The van der Waals surface area contributed by atoms with Crippen LogP contribution in [-0.2, 0) is 13.0 Å². The third-order valence-electron chi connectivity index (χ3n) is 5.71. The molecular formula is C28H27BrFN3O4. The molecule has 0 N–H and O–H groups in total. The molecule has 1 heterocycles. The van der Waals surface area contributed by atoms with Gasteiger partial charge in [0.15, 0.2) is 11.5 Å². The molecule has 7 nitrogen and oxygen atoms in total. The zero-order valence-electron chi connectivity index (χ0n) is 20.8. The minimum absolute atomic E-state index is 0.131. The van der Waals surface area contributed by atoms with Gasteiger partial charge in [-0.25, -0.2) is 9.37 Å². The van der Waals surface area contributed by atoms with Crippen LogP contribution in [0.1, 0.15) is 36.7 Å². The summed E-state index contributed by atoms with van der Waals surface area (Å²) in [7, 11) is 3.03. The molecule has 0 spiro atoms. The Labute approximate surface area is 222 Å². The van der Waals surface area contributed by atoms with Gasteiger partial charge in [-0.1, -0.05) is 41.4 Å². The van der Waals surface area contributed by atoms with Crippen molar-refractivity contribution in [2.75, 3.05) is 14.2 Å². The van der Waals surface area contributed by atoms with Crippen molar-refractivity contribution >= 4 is 33.0 Å². The topological polar surface area (TPSA) is 74.9 Å². The Kier molecular flexibility index (Phi) is 8.55. The van der Waals surface area contributed by atoms with Crippen LogP contribution in [0.2, 0.25) is 0 Å². The minimum atomic E-state index is -0.337. The van der Waals surface area contributed by atoms with Gasteiger partial charge in [-0.2, -0.15) is 9.78 Å². The van der Waals surface area contributed by atoms with Gasteiger partial charge in [0.25, 0.3) is 5.56 Å². The van der Waals surface area contributed by atoms with Crippen LogP contribution in [0.3, 0.4) is 0 Å². The number of rotatable bonds is 10. The molecule has 37 heavy (non-hydrogen) atoms. The Bertz CT molecular complexity index is 1480. The molecule has 192 valence electrons. The van der Waals surface area contributed by atoms with E-state index >= 15 is 0 Å². The third-order valence-corrected chi connectivity index (χ3v) is 6.20. The van der Waals surface area contributed by atoms with Gasteiger partial charge in [-0.15, -0.1) is 0 Å². The number of unbranched alkanes of at least 4 members (excludes halogenated alkanes) is 1. The predicted octanol–water partition coefficient (Wildman–Crippen LogP) is 6.12. The fraction of sp³-hybridized carbons (Fsp3) is 0.250. The van der Waals surface area contributed by atoms with E-state index in [1.54, 1.807) is 36.5 Å². The van der Waals surface area contributed by atoms with E-state index in [2.05, 4.69) is 28.0 Å². The number of ether oxygens (including phenoxy) is 3. The maximum absolute atomic E-state index is 13.5. The monoisotopic (exact) mass is 567 g/mol. The molecule has 0 bridgehead atoms. The fourth-order valence-corrected chi connectivity index (χ4v) is 4.20. The van der Waals surface area contributed by atoms with E-state index in [0.29, 0.717) is 51.5 Å². The lowest BCUT2D eigenvalue weighted by atomic mass is 10.2. The molecule has 0 unspecified atom stereocenters. The van der Waals surface area contributed by atoms with Crippen molar-refractivity contribution in [3.8, 4) is 17.2 Å². The molecule has 9 heteroatoms. The van der Waals surface area contributed by atoms with Crippen molar-refractivity contribution in [2.24, 2.45) is 5.10 Å². The van der Waals surface area contributed by atoms with Crippen LogP contribution in [-0.4, -0.2) is 30.1 Å². The third kappa shape index (κ3) is 6.17. The van der Waals surface area contributed by atoms with Crippen molar-refractivity contribution < 1.29 is 18.6 Å². The number of aromatic nitrogens is 2. The zero-order chi connectivity index (χ0) is 26.4. The molecule has 3 aromatic carbocycles. The lowest BCUT2D eigenvalue weighted by Gasteiger charge is -2.15. The van der Waals surface area contributed by atoms with E-state index in [-0.39, 0.29) is 18.0 Å². The lowest BCUT2D eigenvalue weighted by molar-refractivity contribution is 0.265. The first kappa shape index (κ1) is 26.3. The zero-order valence-corrected chi connectivity index (χ0v) is 22.4. The summed E-state index contributed by atoms with van der Waals surface area (Å²) in [6, 6.07) is 15.1. The van der Waals surface area contributed by atoms with Crippen LogP contribution >= 0.6 is 15.9 Å². The summed E-state index contributed by atoms with van der Waals surface area (Å²) in [4.78, 5) is 18.0. The Morgan fingerprint density at radius 1 is 1.08 bits per heavy atom. The molecule has 0 radical (unpaired) electrons. The second kappa shape index (κ2) is 12.0. The highest BCUT2D eigenvalue weighted by molar-refractivity contribution is 9.10. The Morgan fingerprint density at radius 2 is 1.84 bits per heavy atom. The van der Waals surface area contributed by atoms with Gasteiger partial charge in [0.05, 0.1) is 31.3 Å². The van der Waals surface area contributed by atoms with E-state index in [9.17, 15) is 9.18 Å². The van der Waals surface area contributed by atoms with E-state index in [1.807, 2.05) is 12.1 Å². The van der Waals surface area contributed by atoms with E-state index in [1.165, 1.54) is 31.0 Å². The van der Waals surface area contributed by atoms with Crippen LogP contribution in [0.4, 0.5) is 4.39 Å².